The van der Waals surface area contributed by atoms with E-state index in [0.29, 0.717) is 35.4 Å². The summed E-state index contributed by atoms with van der Waals surface area (Å²) >= 11 is 0. The number of benzene rings is 1. The van der Waals surface area contributed by atoms with Crippen LogP contribution in [-0.4, -0.2) is 56.9 Å². The van der Waals surface area contributed by atoms with Crippen LogP contribution in [0.4, 0.5) is 20.7 Å². The number of aromatic nitrogens is 4. The zero-order chi connectivity index (χ0) is 32.6. The average Bonchev–Trinajstić information content (AvgIpc) is 3.58. The van der Waals surface area contributed by atoms with Gasteiger partial charge in [0.05, 0.1) is 24.4 Å². The number of rotatable bonds is 8. The first-order valence-corrected chi connectivity index (χ1v) is 15.5. The van der Waals surface area contributed by atoms with E-state index in [1.54, 1.807) is 62.2 Å². The highest BCUT2D eigenvalue weighted by atomic mass is 19.1. The first-order valence-electron chi connectivity index (χ1n) is 15.5. The number of carbonyl (C=O) groups is 2. The van der Waals surface area contributed by atoms with Crippen molar-refractivity contribution >= 4 is 34.3 Å². The van der Waals surface area contributed by atoms with Crippen LogP contribution in [0.25, 0.3) is 21.9 Å². The summed E-state index contributed by atoms with van der Waals surface area (Å²) in [6, 6.07) is 5.13. The fourth-order valence-electron chi connectivity index (χ4n) is 6.09. The van der Waals surface area contributed by atoms with Gasteiger partial charge in [-0.2, -0.15) is 5.10 Å². The maximum atomic E-state index is 16.1. The number of amides is 2. The molecule has 4 unspecified atom stereocenters. The Kier molecular flexibility index (Phi) is 8.75. The molecule has 1 aliphatic heterocycles. The largest absolute Gasteiger partial charge is 0.444 e. The van der Waals surface area contributed by atoms with Crippen LogP contribution in [0.15, 0.2) is 49.2 Å². The van der Waals surface area contributed by atoms with Crippen LogP contribution in [0.1, 0.15) is 57.1 Å². The van der Waals surface area contributed by atoms with Crippen LogP contribution in [0.5, 0.6) is 0 Å². The second-order valence-corrected chi connectivity index (χ2v) is 13.0. The Morgan fingerprint density at radius 1 is 1.13 bits per heavy atom. The van der Waals surface area contributed by atoms with Gasteiger partial charge in [0, 0.05) is 66.8 Å². The van der Waals surface area contributed by atoms with Crippen LogP contribution in [0.3, 0.4) is 0 Å². The number of carbonyl (C=O) groups excluding carboxylic acids is 2. The lowest BCUT2D eigenvalue weighted by Crippen LogP contribution is -2.27. The van der Waals surface area contributed by atoms with Gasteiger partial charge in [-0.1, -0.05) is 0 Å². The zero-order valence-corrected chi connectivity index (χ0v) is 26.7. The fourth-order valence-corrected chi connectivity index (χ4v) is 6.09. The summed E-state index contributed by atoms with van der Waals surface area (Å²) in [7, 11) is 1.84. The van der Waals surface area contributed by atoms with Crippen molar-refractivity contribution in [2.24, 2.45) is 18.9 Å². The lowest BCUT2D eigenvalue weighted by atomic mass is 9.98. The van der Waals surface area contributed by atoms with Crippen LogP contribution in [0.2, 0.25) is 0 Å². The number of fused-ring (bicyclic) bond motifs is 1. The monoisotopic (exact) mass is 630 g/mol. The number of nitrogens with one attached hydrogen (secondary N) is 2. The van der Waals surface area contributed by atoms with E-state index in [4.69, 9.17) is 14.2 Å². The summed E-state index contributed by atoms with van der Waals surface area (Å²) in [4.78, 5) is 35.1. The van der Waals surface area contributed by atoms with E-state index in [2.05, 4.69) is 25.7 Å². The van der Waals surface area contributed by atoms with Gasteiger partial charge in [0.25, 0.3) is 0 Å². The molecule has 4 atom stereocenters. The summed E-state index contributed by atoms with van der Waals surface area (Å²) in [6.07, 6.45) is 10.2. The van der Waals surface area contributed by atoms with Crippen molar-refractivity contribution in [3.63, 3.8) is 0 Å². The van der Waals surface area contributed by atoms with Gasteiger partial charge >= 0.3 is 6.09 Å². The van der Waals surface area contributed by atoms with Gasteiger partial charge in [0.15, 0.2) is 12.1 Å². The van der Waals surface area contributed by atoms with Crippen molar-refractivity contribution in [3.05, 3.63) is 66.1 Å². The molecule has 3 aromatic heterocycles. The number of hydrogen-bond acceptors (Lipinski definition) is 8. The van der Waals surface area contributed by atoms with Crippen LogP contribution in [-0.2, 0) is 26.1 Å². The second kappa shape index (κ2) is 12.8. The molecule has 1 aliphatic carbocycles. The molecular formula is C34H39FN6O5. The maximum Gasteiger partial charge on any atom is 0.412 e. The summed E-state index contributed by atoms with van der Waals surface area (Å²) in [5.41, 5.74) is 1.73. The van der Waals surface area contributed by atoms with Crippen molar-refractivity contribution in [1.82, 2.24) is 19.7 Å². The SMILES string of the molecule is Cc1ccncc1-c1cc2cc(NC(=O)C3C(COC4CCCCO4)C3c3cnn(C)c3)ncc2c(NC(=O)OC(C)(C)C)c1F. The molecule has 0 spiro atoms. The lowest BCUT2D eigenvalue weighted by Gasteiger charge is -2.22. The zero-order valence-electron chi connectivity index (χ0n) is 26.7. The van der Waals surface area contributed by atoms with Gasteiger partial charge in [-0.05, 0) is 81.7 Å². The van der Waals surface area contributed by atoms with Gasteiger partial charge in [0.2, 0.25) is 5.91 Å². The number of anilines is 2. The van der Waals surface area contributed by atoms with E-state index in [-0.39, 0.29) is 41.2 Å². The minimum absolute atomic E-state index is 0.0472. The van der Waals surface area contributed by atoms with E-state index in [1.807, 2.05) is 20.2 Å². The molecule has 0 bridgehead atoms. The molecule has 6 rings (SSSR count). The third kappa shape index (κ3) is 6.87. The Hall–Kier alpha value is -4.42. The number of hydrogen-bond donors (Lipinski definition) is 2. The van der Waals surface area contributed by atoms with E-state index >= 15 is 4.39 Å². The minimum Gasteiger partial charge on any atom is -0.444 e. The maximum absolute atomic E-state index is 16.1. The molecule has 2 aliphatic rings. The molecular weight excluding hydrogens is 591 g/mol. The van der Waals surface area contributed by atoms with Gasteiger partial charge in [-0.25, -0.2) is 14.2 Å². The summed E-state index contributed by atoms with van der Waals surface area (Å²) in [5, 5.41) is 10.8. The molecule has 12 heteroatoms. The topological polar surface area (TPSA) is 129 Å². The molecule has 0 radical (unpaired) electrons. The van der Waals surface area contributed by atoms with E-state index in [9.17, 15) is 9.59 Å². The predicted octanol–water partition coefficient (Wildman–Crippen LogP) is 6.34. The summed E-state index contributed by atoms with van der Waals surface area (Å²) in [6.45, 7) is 8.11. The highest BCUT2D eigenvalue weighted by Gasteiger charge is 2.56. The molecule has 242 valence electrons. The number of ether oxygens (including phenoxy) is 3. The molecule has 46 heavy (non-hydrogen) atoms. The quantitative estimate of drug-likeness (QED) is 0.231. The molecule has 11 nitrogen and oxygen atoms in total. The number of pyridine rings is 2. The third-order valence-electron chi connectivity index (χ3n) is 8.36. The first-order chi connectivity index (χ1) is 22.0. The molecule has 4 heterocycles. The van der Waals surface area contributed by atoms with Gasteiger partial charge < -0.3 is 19.5 Å². The van der Waals surface area contributed by atoms with Crippen molar-refractivity contribution in [2.45, 2.75) is 64.8 Å². The normalized spacial score (nSPS) is 21.2. The Balaban J connectivity index is 1.29. The van der Waals surface area contributed by atoms with E-state index in [1.165, 1.54) is 6.20 Å². The molecule has 2 fully saturated rings. The van der Waals surface area contributed by atoms with Crippen LogP contribution in [0, 0.1) is 24.6 Å². The average molecular weight is 631 g/mol. The van der Waals surface area contributed by atoms with Crippen molar-refractivity contribution < 1.29 is 28.2 Å². The summed E-state index contributed by atoms with van der Waals surface area (Å²) < 4.78 is 35.1. The van der Waals surface area contributed by atoms with Gasteiger partial charge in [-0.15, -0.1) is 0 Å². The molecule has 2 N–H and O–H groups in total. The molecule has 4 aromatic rings. The summed E-state index contributed by atoms with van der Waals surface area (Å²) in [5.74, 6) is -0.998. The van der Waals surface area contributed by atoms with Crippen molar-refractivity contribution in [3.8, 4) is 11.1 Å². The standard InChI is InChI=1S/C34H39FN6O5/c1-19-9-10-36-15-23(19)22-12-20-13-26(37-16-24(20)31(30(22)35)40-33(43)46-34(2,3)4)39-32(42)29-25(18-45-27-8-6-7-11-44-27)28(29)21-14-38-41(5)17-21/h9-10,12-17,25,27-29H,6-8,11,18H2,1-5H3,(H,40,43)(H,37,39,42). The number of nitrogens with zero attached hydrogens (tertiary/aromatic N) is 4. The Morgan fingerprint density at radius 2 is 1.96 bits per heavy atom. The predicted molar refractivity (Wildman–Crippen MR) is 171 cm³/mol. The number of halogens is 1. The van der Waals surface area contributed by atoms with Crippen molar-refractivity contribution in [1.29, 1.82) is 0 Å². The third-order valence-corrected chi connectivity index (χ3v) is 8.36. The molecule has 1 saturated carbocycles. The fraction of sp³-hybridized carbons (Fsp3) is 0.441. The van der Waals surface area contributed by atoms with E-state index < -0.39 is 17.5 Å². The van der Waals surface area contributed by atoms with Crippen molar-refractivity contribution in [2.75, 3.05) is 23.8 Å². The second-order valence-electron chi connectivity index (χ2n) is 13.0. The van der Waals surface area contributed by atoms with Crippen LogP contribution < -0.4 is 10.6 Å². The Bertz CT molecular complexity index is 1760. The minimum atomic E-state index is -0.799. The van der Waals surface area contributed by atoms with E-state index in [0.717, 1.165) is 30.4 Å². The molecule has 1 saturated heterocycles. The smallest absolute Gasteiger partial charge is 0.412 e. The first kappa shape index (κ1) is 31.6. The highest BCUT2D eigenvalue weighted by Crippen LogP contribution is 2.54. The molecule has 2 amide bonds. The number of aryl methyl sites for hydroxylation is 2. The Labute approximate surface area is 266 Å². The van der Waals surface area contributed by atoms with Gasteiger partial charge in [-0.3, -0.25) is 19.8 Å². The Morgan fingerprint density at radius 3 is 2.65 bits per heavy atom. The lowest BCUT2D eigenvalue weighted by molar-refractivity contribution is -0.165. The van der Waals surface area contributed by atoms with Gasteiger partial charge in [0.1, 0.15) is 11.4 Å². The van der Waals surface area contributed by atoms with Crippen LogP contribution >= 0.6 is 0 Å². The molecule has 1 aromatic carbocycles. The highest BCUT2D eigenvalue weighted by molar-refractivity contribution is 6.05.